The van der Waals surface area contributed by atoms with Crippen LogP contribution in [0.25, 0.3) is 0 Å². The number of fused-ring (bicyclic) bond motifs is 1. The van der Waals surface area contributed by atoms with Crippen LogP contribution in [0.5, 0.6) is 11.5 Å². The van der Waals surface area contributed by atoms with Gasteiger partial charge in [-0.1, -0.05) is 19.1 Å². The number of benzene rings is 2. The third-order valence-corrected chi connectivity index (χ3v) is 7.18. The standard InChI is InChI=1S/C26H31ClN2O7S/c1-5-16-9-11-18(28-22(30)8-7-13-27)24-23(16)25(31)29(26(24)32)19(15-37(4,33)34)17-10-12-20(35-3)21(14-17)36-6-2/h9-12,14,19H,5-8,13,15H2,1-4H3,(H,28,30)/t19-/m1/s1. The molecular formula is C26H31ClN2O7S. The number of anilines is 1. The molecule has 200 valence electrons. The van der Waals surface area contributed by atoms with Gasteiger partial charge in [-0.25, -0.2) is 8.42 Å². The molecule has 0 saturated heterocycles. The summed E-state index contributed by atoms with van der Waals surface area (Å²) in [6.45, 7) is 3.97. The summed E-state index contributed by atoms with van der Waals surface area (Å²) in [6.07, 6.45) is 2.12. The topological polar surface area (TPSA) is 119 Å². The van der Waals surface area contributed by atoms with Crippen LogP contribution in [0.1, 0.15) is 64.6 Å². The zero-order valence-electron chi connectivity index (χ0n) is 21.3. The second-order valence-corrected chi connectivity index (χ2v) is 11.2. The van der Waals surface area contributed by atoms with Crippen molar-refractivity contribution in [2.75, 3.05) is 36.9 Å². The first-order valence-electron chi connectivity index (χ1n) is 11.9. The number of hydrogen-bond donors (Lipinski definition) is 1. The molecule has 0 aliphatic carbocycles. The van der Waals surface area contributed by atoms with Gasteiger partial charge >= 0.3 is 0 Å². The number of hydrogen-bond acceptors (Lipinski definition) is 7. The van der Waals surface area contributed by atoms with Crippen LogP contribution in [0.15, 0.2) is 30.3 Å². The summed E-state index contributed by atoms with van der Waals surface area (Å²) in [5, 5.41) is 2.72. The Morgan fingerprint density at radius 2 is 1.78 bits per heavy atom. The lowest BCUT2D eigenvalue weighted by atomic mass is 9.99. The van der Waals surface area contributed by atoms with Gasteiger partial charge in [0.15, 0.2) is 11.5 Å². The highest BCUT2D eigenvalue weighted by atomic mass is 35.5. The molecule has 0 radical (unpaired) electrons. The van der Waals surface area contributed by atoms with E-state index in [1.54, 1.807) is 37.3 Å². The number of alkyl halides is 1. The number of methoxy groups -OCH3 is 1. The molecule has 2 aromatic rings. The van der Waals surface area contributed by atoms with Crippen molar-refractivity contribution in [1.82, 2.24) is 4.90 Å². The number of aryl methyl sites for hydroxylation is 1. The highest BCUT2D eigenvalue weighted by Gasteiger charge is 2.44. The number of sulfone groups is 1. The highest BCUT2D eigenvalue weighted by Crippen LogP contribution is 2.40. The number of ether oxygens (including phenoxy) is 2. The fourth-order valence-electron chi connectivity index (χ4n) is 4.34. The van der Waals surface area contributed by atoms with Crippen LogP contribution < -0.4 is 14.8 Å². The van der Waals surface area contributed by atoms with Gasteiger partial charge in [0.1, 0.15) is 9.84 Å². The fourth-order valence-corrected chi connectivity index (χ4v) is 5.39. The van der Waals surface area contributed by atoms with Gasteiger partial charge in [-0.3, -0.25) is 19.3 Å². The summed E-state index contributed by atoms with van der Waals surface area (Å²) in [5.41, 5.74) is 1.45. The van der Waals surface area contributed by atoms with E-state index in [0.717, 1.165) is 11.2 Å². The van der Waals surface area contributed by atoms with Crippen molar-refractivity contribution in [2.24, 2.45) is 0 Å². The minimum absolute atomic E-state index is 0.0561. The minimum atomic E-state index is -3.64. The van der Waals surface area contributed by atoms with Gasteiger partial charge < -0.3 is 14.8 Å². The maximum absolute atomic E-state index is 13.8. The summed E-state index contributed by atoms with van der Waals surface area (Å²) in [5.74, 6) is -1.02. The molecule has 2 aromatic carbocycles. The van der Waals surface area contributed by atoms with Gasteiger partial charge in [0.2, 0.25) is 5.91 Å². The number of nitrogens with one attached hydrogen (secondary N) is 1. The average molecular weight is 551 g/mol. The van der Waals surface area contributed by atoms with Crippen molar-refractivity contribution < 1.29 is 32.3 Å². The van der Waals surface area contributed by atoms with Crippen LogP contribution in [0.2, 0.25) is 0 Å². The average Bonchev–Trinajstić information content (AvgIpc) is 3.11. The molecule has 3 rings (SSSR count). The molecule has 0 aromatic heterocycles. The molecule has 0 fully saturated rings. The summed E-state index contributed by atoms with van der Waals surface area (Å²) < 4.78 is 35.9. The smallest absolute Gasteiger partial charge is 0.264 e. The minimum Gasteiger partial charge on any atom is -0.493 e. The van der Waals surface area contributed by atoms with Gasteiger partial charge in [0, 0.05) is 18.6 Å². The third-order valence-electron chi connectivity index (χ3n) is 5.99. The molecule has 1 heterocycles. The number of nitrogens with zero attached hydrogens (tertiary/aromatic N) is 1. The zero-order valence-corrected chi connectivity index (χ0v) is 22.9. The second kappa shape index (κ2) is 12.0. The van der Waals surface area contributed by atoms with Gasteiger partial charge in [0.05, 0.1) is 42.3 Å². The molecular weight excluding hydrogens is 520 g/mol. The van der Waals surface area contributed by atoms with Gasteiger partial charge in [-0.2, -0.15) is 0 Å². The Morgan fingerprint density at radius 1 is 1.08 bits per heavy atom. The van der Waals surface area contributed by atoms with E-state index in [2.05, 4.69) is 5.32 Å². The Hall–Kier alpha value is -3.11. The number of carbonyl (C=O) groups is 3. The van der Waals surface area contributed by atoms with E-state index in [0.29, 0.717) is 48.0 Å². The van der Waals surface area contributed by atoms with E-state index < -0.39 is 33.4 Å². The maximum atomic E-state index is 13.8. The van der Waals surface area contributed by atoms with Crippen molar-refractivity contribution >= 4 is 44.8 Å². The zero-order chi connectivity index (χ0) is 27.3. The molecule has 9 nitrogen and oxygen atoms in total. The van der Waals surface area contributed by atoms with Crippen molar-refractivity contribution in [1.29, 1.82) is 0 Å². The normalized spacial score (nSPS) is 13.9. The van der Waals surface area contributed by atoms with Crippen LogP contribution in [0.4, 0.5) is 5.69 Å². The molecule has 11 heteroatoms. The number of rotatable bonds is 12. The van der Waals surface area contributed by atoms with Crippen molar-refractivity contribution in [3.05, 3.63) is 52.6 Å². The molecule has 1 aliphatic heterocycles. The Labute approximate surface area is 222 Å². The van der Waals surface area contributed by atoms with Crippen molar-refractivity contribution in [2.45, 2.75) is 39.2 Å². The maximum Gasteiger partial charge on any atom is 0.264 e. The van der Waals surface area contributed by atoms with E-state index >= 15 is 0 Å². The molecule has 1 N–H and O–H groups in total. The first-order valence-corrected chi connectivity index (χ1v) is 14.5. The van der Waals surface area contributed by atoms with Crippen LogP contribution in [-0.2, 0) is 21.1 Å². The molecule has 37 heavy (non-hydrogen) atoms. The lowest BCUT2D eigenvalue weighted by molar-refractivity contribution is -0.116. The Kier molecular flexibility index (Phi) is 9.20. The molecule has 0 spiro atoms. The SMILES string of the molecule is CCOc1cc([C@@H](CS(C)(=O)=O)N2C(=O)c3c(CC)ccc(NC(=O)CCCCl)c3C2=O)ccc1OC. The van der Waals surface area contributed by atoms with E-state index in [1.807, 2.05) is 6.92 Å². The van der Waals surface area contributed by atoms with E-state index in [1.165, 1.54) is 7.11 Å². The first kappa shape index (κ1) is 28.5. The van der Waals surface area contributed by atoms with E-state index in [-0.39, 0.29) is 29.1 Å². The summed E-state index contributed by atoms with van der Waals surface area (Å²) in [6, 6.07) is 6.95. The third kappa shape index (κ3) is 6.24. The Balaban J connectivity index is 2.14. The van der Waals surface area contributed by atoms with Crippen LogP contribution in [0, 0.1) is 0 Å². The molecule has 1 aliphatic rings. The largest absolute Gasteiger partial charge is 0.493 e. The highest BCUT2D eigenvalue weighted by molar-refractivity contribution is 7.90. The predicted molar refractivity (Wildman–Crippen MR) is 142 cm³/mol. The Morgan fingerprint density at radius 3 is 2.38 bits per heavy atom. The predicted octanol–water partition coefficient (Wildman–Crippen LogP) is 4.00. The van der Waals surface area contributed by atoms with E-state index in [4.69, 9.17) is 21.1 Å². The monoisotopic (exact) mass is 550 g/mol. The quantitative estimate of drug-likeness (QED) is 0.313. The van der Waals surface area contributed by atoms with Gasteiger partial charge in [0.25, 0.3) is 11.8 Å². The Bertz CT molecular complexity index is 1310. The number of imide groups is 1. The molecule has 0 saturated carbocycles. The number of halogens is 1. The molecule has 1 atom stereocenters. The molecule has 0 bridgehead atoms. The van der Waals surface area contributed by atoms with Crippen LogP contribution in [-0.4, -0.2) is 62.6 Å². The number of carbonyl (C=O) groups excluding carboxylic acids is 3. The van der Waals surface area contributed by atoms with Crippen LogP contribution in [0.3, 0.4) is 0 Å². The lowest BCUT2D eigenvalue weighted by Crippen LogP contribution is -2.38. The molecule has 0 unspecified atom stereocenters. The van der Waals surface area contributed by atoms with E-state index in [9.17, 15) is 22.8 Å². The second-order valence-electron chi connectivity index (χ2n) is 8.65. The summed E-state index contributed by atoms with van der Waals surface area (Å²) in [4.78, 5) is 40.9. The van der Waals surface area contributed by atoms with Crippen molar-refractivity contribution in [3.63, 3.8) is 0 Å². The fraction of sp³-hybridized carbons (Fsp3) is 0.423. The van der Waals surface area contributed by atoms with Gasteiger partial charge in [-0.15, -0.1) is 11.6 Å². The lowest BCUT2D eigenvalue weighted by Gasteiger charge is -2.27. The summed E-state index contributed by atoms with van der Waals surface area (Å²) >= 11 is 5.69. The van der Waals surface area contributed by atoms with Gasteiger partial charge in [-0.05, 0) is 49.1 Å². The molecule has 3 amide bonds. The number of amides is 3. The van der Waals surface area contributed by atoms with Crippen LogP contribution >= 0.6 is 11.6 Å². The summed E-state index contributed by atoms with van der Waals surface area (Å²) in [7, 11) is -2.16. The van der Waals surface area contributed by atoms with Crippen molar-refractivity contribution in [3.8, 4) is 11.5 Å². The first-order chi connectivity index (χ1) is 17.6.